The lowest BCUT2D eigenvalue weighted by atomic mass is 9.96. The molecule has 8 heteroatoms. The van der Waals surface area contributed by atoms with E-state index in [0.717, 1.165) is 52.7 Å². The highest BCUT2D eigenvalue weighted by Gasteiger charge is 2.23. The first-order chi connectivity index (χ1) is 13.5. The van der Waals surface area contributed by atoms with E-state index in [2.05, 4.69) is 20.8 Å². The first-order valence-electron chi connectivity index (χ1n) is 9.44. The number of thiazole rings is 1. The highest BCUT2D eigenvalue weighted by atomic mass is 79.9. The maximum atomic E-state index is 13.0. The number of rotatable bonds is 5. The third-order valence-corrected chi connectivity index (χ3v) is 6.90. The van der Waals surface area contributed by atoms with Gasteiger partial charge in [-0.05, 0) is 67.7 Å². The second-order valence-electron chi connectivity index (χ2n) is 7.40. The molecule has 1 saturated heterocycles. The molecule has 156 valence electrons. The number of β-amino-alcohol motifs (C(OH)–C–C–N with tert-alkyl or cyclic N) is 1. The van der Waals surface area contributed by atoms with Crippen LogP contribution in [0.3, 0.4) is 0 Å². The van der Waals surface area contributed by atoms with Gasteiger partial charge in [0.15, 0.2) is 0 Å². The van der Waals surface area contributed by atoms with Crippen molar-refractivity contribution in [1.82, 2.24) is 9.47 Å². The van der Waals surface area contributed by atoms with E-state index in [4.69, 9.17) is 0 Å². The number of aromatic nitrogens is 1. The summed E-state index contributed by atoms with van der Waals surface area (Å²) in [5, 5.41) is 10.4. The fourth-order valence-electron chi connectivity index (χ4n) is 3.86. The van der Waals surface area contributed by atoms with Crippen molar-refractivity contribution in [2.24, 2.45) is 5.92 Å². The minimum Gasteiger partial charge on any atom is -0.387 e. The van der Waals surface area contributed by atoms with Crippen LogP contribution in [0.15, 0.2) is 51.7 Å². The lowest BCUT2D eigenvalue weighted by Crippen LogP contribution is -2.38. The summed E-state index contributed by atoms with van der Waals surface area (Å²) in [6.07, 6.45) is 1.38. The molecule has 1 N–H and O–H groups in total. The van der Waals surface area contributed by atoms with Crippen LogP contribution in [-0.4, -0.2) is 34.2 Å². The number of likely N-dealkylation sites (tertiary alicyclic amines) is 1. The molecule has 0 unspecified atom stereocenters. The SMILES string of the molecule is Cl.O=c1sc2cc(Br)ccc2n1CC1CCN(C[C@@H](O)c2ccc(F)cc2)CC1. The molecular formula is C21H23BrClFN2O2S. The van der Waals surface area contributed by atoms with Gasteiger partial charge in [0.25, 0.3) is 0 Å². The predicted molar refractivity (Wildman–Crippen MR) is 122 cm³/mol. The molecule has 1 aromatic heterocycles. The fourth-order valence-corrected chi connectivity index (χ4v) is 5.31. The predicted octanol–water partition coefficient (Wildman–Crippen LogP) is 4.83. The molecule has 3 aromatic rings. The van der Waals surface area contributed by atoms with Crippen molar-refractivity contribution in [3.05, 3.63) is 68.0 Å². The van der Waals surface area contributed by atoms with Gasteiger partial charge in [0, 0.05) is 17.6 Å². The summed E-state index contributed by atoms with van der Waals surface area (Å²) in [4.78, 5) is 14.8. The van der Waals surface area contributed by atoms with Crippen molar-refractivity contribution in [3.63, 3.8) is 0 Å². The van der Waals surface area contributed by atoms with Gasteiger partial charge in [-0.15, -0.1) is 12.4 Å². The van der Waals surface area contributed by atoms with Gasteiger partial charge in [0.05, 0.1) is 16.3 Å². The number of hydrogen-bond acceptors (Lipinski definition) is 4. The van der Waals surface area contributed by atoms with Gasteiger partial charge >= 0.3 is 4.87 Å². The molecule has 4 rings (SSSR count). The maximum Gasteiger partial charge on any atom is 0.308 e. The molecule has 1 aliphatic heterocycles. The zero-order valence-electron chi connectivity index (χ0n) is 15.8. The van der Waals surface area contributed by atoms with Crippen LogP contribution >= 0.6 is 39.7 Å². The number of fused-ring (bicyclic) bond motifs is 1. The first kappa shape index (κ1) is 22.4. The summed E-state index contributed by atoms with van der Waals surface area (Å²) in [6, 6.07) is 12.0. The Morgan fingerprint density at radius 2 is 1.86 bits per heavy atom. The topological polar surface area (TPSA) is 45.5 Å². The second-order valence-corrected chi connectivity index (χ2v) is 9.31. The van der Waals surface area contributed by atoms with Crippen LogP contribution in [0.25, 0.3) is 10.2 Å². The van der Waals surface area contributed by atoms with Crippen molar-refractivity contribution < 1.29 is 9.50 Å². The Balaban J connectivity index is 0.00000240. The average molecular weight is 502 g/mol. The third kappa shape index (κ3) is 5.27. The van der Waals surface area contributed by atoms with Crippen LogP contribution in [0, 0.1) is 11.7 Å². The largest absolute Gasteiger partial charge is 0.387 e. The van der Waals surface area contributed by atoms with Crippen molar-refractivity contribution in [2.45, 2.75) is 25.5 Å². The molecular weight excluding hydrogens is 479 g/mol. The van der Waals surface area contributed by atoms with Gasteiger partial charge in [0.2, 0.25) is 0 Å². The number of aliphatic hydroxyl groups excluding tert-OH is 1. The Kier molecular flexibility index (Phi) is 7.51. The number of hydrogen-bond donors (Lipinski definition) is 1. The third-order valence-electron chi connectivity index (χ3n) is 5.46. The van der Waals surface area contributed by atoms with E-state index in [9.17, 15) is 14.3 Å². The minimum absolute atomic E-state index is 0. The van der Waals surface area contributed by atoms with E-state index < -0.39 is 6.10 Å². The summed E-state index contributed by atoms with van der Waals surface area (Å²) in [5.41, 5.74) is 1.75. The maximum absolute atomic E-state index is 13.0. The molecule has 1 aliphatic rings. The van der Waals surface area contributed by atoms with E-state index in [1.165, 1.54) is 23.5 Å². The van der Waals surface area contributed by atoms with E-state index in [1.807, 2.05) is 22.8 Å². The Hall–Kier alpha value is -1.25. The number of piperidine rings is 1. The summed E-state index contributed by atoms with van der Waals surface area (Å²) in [7, 11) is 0. The zero-order chi connectivity index (χ0) is 19.7. The van der Waals surface area contributed by atoms with E-state index >= 15 is 0 Å². The number of nitrogens with zero attached hydrogens (tertiary/aromatic N) is 2. The molecule has 0 radical (unpaired) electrons. The molecule has 0 spiro atoms. The molecule has 0 amide bonds. The van der Waals surface area contributed by atoms with Gasteiger partial charge in [-0.3, -0.25) is 9.36 Å². The lowest BCUT2D eigenvalue weighted by molar-refractivity contribution is 0.0867. The summed E-state index contributed by atoms with van der Waals surface area (Å²) in [6.45, 7) is 3.08. The molecule has 0 bridgehead atoms. The molecule has 0 aliphatic carbocycles. The van der Waals surface area contributed by atoms with Crippen molar-refractivity contribution in [2.75, 3.05) is 19.6 Å². The van der Waals surface area contributed by atoms with Crippen LogP contribution in [-0.2, 0) is 6.54 Å². The fraction of sp³-hybridized carbons (Fsp3) is 0.381. The molecule has 4 nitrogen and oxygen atoms in total. The van der Waals surface area contributed by atoms with Gasteiger partial charge in [-0.2, -0.15) is 0 Å². The standard InChI is InChI=1S/C21H22BrFN2O2S.ClH/c22-16-3-6-18-20(11-16)28-21(27)25(18)12-14-7-9-24(10-8-14)13-19(26)15-1-4-17(23)5-2-15;/h1-6,11,14,19,26H,7-10,12-13H2;1H/t19-;/m1./s1. The Morgan fingerprint density at radius 3 is 2.55 bits per heavy atom. The summed E-state index contributed by atoms with van der Waals surface area (Å²) in [5.74, 6) is 0.165. The molecule has 1 atom stereocenters. The Morgan fingerprint density at radius 1 is 1.17 bits per heavy atom. The zero-order valence-corrected chi connectivity index (χ0v) is 19.0. The quantitative estimate of drug-likeness (QED) is 0.545. The van der Waals surface area contributed by atoms with Crippen LogP contribution in [0.1, 0.15) is 24.5 Å². The van der Waals surface area contributed by atoms with Crippen molar-refractivity contribution in [1.29, 1.82) is 0 Å². The monoisotopic (exact) mass is 500 g/mol. The smallest absolute Gasteiger partial charge is 0.308 e. The minimum atomic E-state index is -0.612. The van der Waals surface area contributed by atoms with E-state index in [0.29, 0.717) is 12.5 Å². The number of benzene rings is 2. The lowest BCUT2D eigenvalue weighted by Gasteiger charge is -2.33. The number of halogens is 3. The van der Waals surface area contributed by atoms with Crippen LogP contribution < -0.4 is 4.87 Å². The van der Waals surface area contributed by atoms with E-state index in [1.54, 1.807) is 12.1 Å². The average Bonchev–Trinajstić information content (AvgIpc) is 2.98. The molecule has 1 fully saturated rings. The summed E-state index contributed by atoms with van der Waals surface area (Å²) >= 11 is 4.76. The Labute approximate surface area is 187 Å². The van der Waals surface area contributed by atoms with Gasteiger partial charge in [-0.1, -0.05) is 39.4 Å². The van der Waals surface area contributed by atoms with Crippen LogP contribution in [0.4, 0.5) is 4.39 Å². The normalized spacial score (nSPS) is 16.7. The van der Waals surface area contributed by atoms with Crippen LogP contribution in [0.5, 0.6) is 0 Å². The van der Waals surface area contributed by atoms with Gasteiger partial charge in [0.1, 0.15) is 5.82 Å². The van der Waals surface area contributed by atoms with Gasteiger partial charge in [-0.25, -0.2) is 4.39 Å². The van der Waals surface area contributed by atoms with Gasteiger partial charge < -0.3 is 10.0 Å². The summed E-state index contributed by atoms with van der Waals surface area (Å²) < 4.78 is 16.9. The molecule has 2 heterocycles. The second kappa shape index (κ2) is 9.71. The van der Waals surface area contributed by atoms with Crippen molar-refractivity contribution in [3.8, 4) is 0 Å². The molecule has 2 aromatic carbocycles. The highest BCUT2D eigenvalue weighted by molar-refractivity contribution is 9.10. The van der Waals surface area contributed by atoms with Crippen LogP contribution in [0.2, 0.25) is 0 Å². The molecule has 0 saturated carbocycles. The van der Waals surface area contributed by atoms with E-state index in [-0.39, 0.29) is 23.1 Å². The molecule has 29 heavy (non-hydrogen) atoms. The number of aliphatic hydroxyl groups is 1. The Bertz CT molecular complexity index is 1020. The highest BCUT2D eigenvalue weighted by Crippen LogP contribution is 2.26. The first-order valence-corrected chi connectivity index (χ1v) is 11.1. The van der Waals surface area contributed by atoms with Crippen molar-refractivity contribution >= 4 is 49.9 Å².